The molecule has 0 unspecified atom stereocenters. The van der Waals surface area contributed by atoms with Gasteiger partial charge < -0.3 is 4.18 Å². The quantitative estimate of drug-likeness (QED) is 0.573. The summed E-state index contributed by atoms with van der Waals surface area (Å²) in [5.41, 5.74) is 1.08. The molecule has 0 saturated carbocycles. The van der Waals surface area contributed by atoms with Crippen molar-refractivity contribution >= 4 is 15.9 Å². The Balaban J connectivity index is 2.06. The molecule has 0 saturated heterocycles. The number of ketones is 1. The first-order chi connectivity index (χ1) is 10.9. The summed E-state index contributed by atoms with van der Waals surface area (Å²) in [5.74, 6) is 0.382. The Bertz CT molecular complexity index is 747. The molecule has 0 spiro atoms. The van der Waals surface area contributed by atoms with E-state index in [1.54, 1.807) is 36.4 Å². The predicted octanol–water partition coefficient (Wildman–Crippen LogP) is 3.67. The molecule has 2 aromatic carbocycles. The minimum atomic E-state index is -3.60. The number of rotatable bonds is 7. The van der Waals surface area contributed by atoms with Crippen molar-refractivity contribution in [3.05, 3.63) is 65.7 Å². The van der Waals surface area contributed by atoms with Crippen LogP contribution in [0.1, 0.15) is 36.2 Å². The molecule has 0 atom stereocenters. The van der Waals surface area contributed by atoms with Crippen molar-refractivity contribution in [2.75, 3.05) is 5.75 Å². The van der Waals surface area contributed by atoms with Crippen LogP contribution in [-0.4, -0.2) is 20.0 Å². The lowest BCUT2D eigenvalue weighted by Gasteiger charge is -2.09. The predicted molar refractivity (Wildman–Crippen MR) is 90.2 cm³/mol. The van der Waals surface area contributed by atoms with Gasteiger partial charge in [0, 0.05) is 11.1 Å². The fraction of sp³-hybridized carbons (Fsp3) is 0.278. The van der Waals surface area contributed by atoms with Gasteiger partial charge in [0.1, 0.15) is 5.75 Å². The molecule has 23 heavy (non-hydrogen) atoms. The SMILES string of the molecule is CC(C)CCS(=O)(=O)Oc1ccc(C(=O)c2ccccc2)cc1. The highest BCUT2D eigenvalue weighted by atomic mass is 32.2. The third-order valence-electron chi connectivity index (χ3n) is 3.32. The van der Waals surface area contributed by atoms with Gasteiger partial charge in [-0.3, -0.25) is 4.79 Å². The van der Waals surface area contributed by atoms with E-state index in [1.165, 1.54) is 12.1 Å². The second kappa shape index (κ2) is 7.42. The summed E-state index contributed by atoms with van der Waals surface area (Å²) in [6, 6.07) is 15.1. The highest BCUT2D eigenvalue weighted by Crippen LogP contribution is 2.18. The van der Waals surface area contributed by atoms with E-state index in [0.29, 0.717) is 23.5 Å². The van der Waals surface area contributed by atoms with Gasteiger partial charge in [0.25, 0.3) is 0 Å². The monoisotopic (exact) mass is 332 g/mol. The Morgan fingerprint density at radius 3 is 2.09 bits per heavy atom. The van der Waals surface area contributed by atoms with Gasteiger partial charge in [-0.25, -0.2) is 0 Å². The molecule has 2 aromatic rings. The van der Waals surface area contributed by atoms with Crippen LogP contribution in [0.3, 0.4) is 0 Å². The van der Waals surface area contributed by atoms with E-state index in [4.69, 9.17) is 4.18 Å². The number of carbonyl (C=O) groups excluding carboxylic acids is 1. The highest BCUT2D eigenvalue weighted by molar-refractivity contribution is 7.87. The van der Waals surface area contributed by atoms with Crippen LogP contribution in [0.25, 0.3) is 0 Å². The number of carbonyl (C=O) groups is 1. The smallest absolute Gasteiger partial charge is 0.309 e. The number of hydrogen-bond donors (Lipinski definition) is 0. The Hall–Kier alpha value is -2.14. The first-order valence-electron chi connectivity index (χ1n) is 7.49. The van der Waals surface area contributed by atoms with Gasteiger partial charge in [-0.15, -0.1) is 0 Å². The second-order valence-electron chi connectivity index (χ2n) is 5.75. The van der Waals surface area contributed by atoms with E-state index in [1.807, 2.05) is 19.9 Å². The zero-order chi connectivity index (χ0) is 16.9. The molecule has 4 nitrogen and oxygen atoms in total. The normalized spacial score (nSPS) is 11.4. The molecule has 0 radical (unpaired) electrons. The first kappa shape index (κ1) is 17.2. The maximum atomic E-state index is 12.3. The van der Waals surface area contributed by atoms with E-state index < -0.39 is 10.1 Å². The van der Waals surface area contributed by atoms with Gasteiger partial charge in [-0.2, -0.15) is 8.42 Å². The Morgan fingerprint density at radius 1 is 0.957 bits per heavy atom. The molecule has 0 aliphatic heterocycles. The van der Waals surface area contributed by atoms with Gasteiger partial charge in [-0.05, 0) is 36.6 Å². The van der Waals surface area contributed by atoms with Gasteiger partial charge in [-0.1, -0.05) is 44.2 Å². The molecule has 122 valence electrons. The van der Waals surface area contributed by atoms with Crippen molar-refractivity contribution in [1.82, 2.24) is 0 Å². The fourth-order valence-electron chi connectivity index (χ4n) is 1.99. The number of hydrogen-bond acceptors (Lipinski definition) is 4. The lowest BCUT2D eigenvalue weighted by Crippen LogP contribution is -2.15. The van der Waals surface area contributed by atoms with Crippen LogP contribution in [-0.2, 0) is 10.1 Å². The molecule has 0 bridgehead atoms. The second-order valence-corrected chi connectivity index (χ2v) is 7.44. The average molecular weight is 332 g/mol. The zero-order valence-electron chi connectivity index (χ0n) is 13.2. The summed E-state index contributed by atoms with van der Waals surface area (Å²) in [6.07, 6.45) is 0.549. The Kier molecular flexibility index (Phi) is 5.55. The lowest BCUT2D eigenvalue weighted by molar-refractivity contribution is 0.103. The maximum absolute atomic E-state index is 12.3. The van der Waals surface area contributed by atoms with Crippen LogP contribution in [0.4, 0.5) is 0 Å². The molecule has 0 aliphatic carbocycles. The average Bonchev–Trinajstić information content (AvgIpc) is 2.54. The zero-order valence-corrected chi connectivity index (χ0v) is 14.0. The molecule has 0 fully saturated rings. The van der Waals surface area contributed by atoms with Gasteiger partial charge in [0.2, 0.25) is 0 Å². The van der Waals surface area contributed by atoms with Crippen molar-refractivity contribution in [1.29, 1.82) is 0 Å². The van der Waals surface area contributed by atoms with Crippen LogP contribution in [0.2, 0.25) is 0 Å². The van der Waals surface area contributed by atoms with Crippen LogP contribution >= 0.6 is 0 Å². The summed E-state index contributed by atoms with van der Waals surface area (Å²) >= 11 is 0. The van der Waals surface area contributed by atoms with Gasteiger partial charge in [0.05, 0.1) is 5.75 Å². The molecule has 0 amide bonds. The molecular formula is C18H20O4S. The van der Waals surface area contributed by atoms with Crippen molar-refractivity contribution in [3.8, 4) is 5.75 Å². The molecule has 2 rings (SSSR count). The maximum Gasteiger partial charge on any atom is 0.309 e. The topological polar surface area (TPSA) is 60.4 Å². The van der Waals surface area contributed by atoms with Crippen LogP contribution in [0.15, 0.2) is 54.6 Å². The third kappa shape index (κ3) is 5.21. The Morgan fingerprint density at radius 2 is 1.52 bits per heavy atom. The molecule has 5 heteroatoms. The first-order valence-corrected chi connectivity index (χ1v) is 9.07. The molecular weight excluding hydrogens is 312 g/mol. The minimum Gasteiger partial charge on any atom is -0.382 e. The summed E-state index contributed by atoms with van der Waals surface area (Å²) in [4.78, 5) is 12.3. The largest absolute Gasteiger partial charge is 0.382 e. The van der Waals surface area contributed by atoms with Crippen molar-refractivity contribution in [2.45, 2.75) is 20.3 Å². The van der Waals surface area contributed by atoms with Gasteiger partial charge in [0.15, 0.2) is 5.78 Å². The van der Waals surface area contributed by atoms with Crippen LogP contribution in [0, 0.1) is 5.92 Å². The van der Waals surface area contributed by atoms with Crippen LogP contribution in [0.5, 0.6) is 5.75 Å². The minimum absolute atomic E-state index is 0.0185. The lowest BCUT2D eigenvalue weighted by atomic mass is 10.0. The Labute approximate surface area is 137 Å². The highest BCUT2D eigenvalue weighted by Gasteiger charge is 2.14. The van der Waals surface area contributed by atoms with Crippen molar-refractivity contribution < 1.29 is 17.4 Å². The van der Waals surface area contributed by atoms with Crippen molar-refractivity contribution in [3.63, 3.8) is 0 Å². The molecule has 0 aromatic heterocycles. The molecule has 0 heterocycles. The van der Waals surface area contributed by atoms with Crippen LogP contribution < -0.4 is 4.18 Å². The van der Waals surface area contributed by atoms with E-state index >= 15 is 0 Å². The van der Waals surface area contributed by atoms with E-state index in [9.17, 15) is 13.2 Å². The summed E-state index contributed by atoms with van der Waals surface area (Å²) in [7, 11) is -3.60. The number of benzene rings is 2. The fourth-order valence-corrected chi connectivity index (χ4v) is 3.23. The summed E-state index contributed by atoms with van der Waals surface area (Å²) in [5, 5.41) is 0. The van der Waals surface area contributed by atoms with Crippen molar-refractivity contribution in [2.24, 2.45) is 5.92 Å². The van der Waals surface area contributed by atoms with Gasteiger partial charge >= 0.3 is 10.1 Å². The third-order valence-corrected chi connectivity index (χ3v) is 4.50. The standard InChI is InChI=1S/C18H20O4S/c1-14(2)12-13-23(20,21)22-17-10-8-16(9-11-17)18(19)15-6-4-3-5-7-15/h3-11,14H,12-13H2,1-2H3. The summed E-state index contributed by atoms with van der Waals surface area (Å²) in [6.45, 7) is 3.92. The molecule has 0 N–H and O–H groups in total. The van der Waals surface area contributed by atoms with E-state index in [-0.39, 0.29) is 17.3 Å². The molecule has 0 aliphatic rings. The van der Waals surface area contributed by atoms with E-state index in [0.717, 1.165) is 0 Å². The summed E-state index contributed by atoms with van der Waals surface area (Å²) < 4.78 is 28.8. The van der Waals surface area contributed by atoms with E-state index in [2.05, 4.69) is 0 Å².